The first kappa shape index (κ1) is 20.4. The fourth-order valence-electron chi connectivity index (χ4n) is 2.63. The van der Waals surface area contributed by atoms with Crippen molar-refractivity contribution in [3.63, 3.8) is 0 Å². The number of nitrogens with zero attached hydrogens (tertiary/aromatic N) is 1. The normalized spacial score (nSPS) is 20.3. The molecule has 0 spiro atoms. The van der Waals surface area contributed by atoms with Gasteiger partial charge in [-0.25, -0.2) is 4.98 Å². The van der Waals surface area contributed by atoms with Crippen LogP contribution in [0.1, 0.15) is 35.1 Å². The van der Waals surface area contributed by atoms with Crippen LogP contribution in [0.3, 0.4) is 0 Å². The monoisotopic (exact) mass is 393 g/mol. The van der Waals surface area contributed by atoms with Crippen molar-refractivity contribution in [1.29, 1.82) is 0 Å². The Bertz CT molecular complexity index is 631. The van der Waals surface area contributed by atoms with Crippen molar-refractivity contribution in [2.75, 3.05) is 6.54 Å². The molecule has 0 bridgehead atoms. The lowest BCUT2D eigenvalue weighted by molar-refractivity contribution is 0.0929. The molecule has 0 radical (unpaired) electrons. The molecule has 1 aliphatic rings. The third kappa shape index (κ3) is 4.90. The SMILES string of the molecule is Cc1nc(-c2cccs2)sc1C(=O)NC1CCNC(C)C1.Cl.Cl. The Morgan fingerprint density at radius 1 is 1.43 bits per heavy atom. The number of aromatic nitrogens is 1. The van der Waals surface area contributed by atoms with Gasteiger partial charge in [0.1, 0.15) is 9.88 Å². The molecule has 1 fully saturated rings. The zero-order valence-electron chi connectivity index (χ0n) is 13.0. The van der Waals surface area contributed by atoms with E-state index in [1.807, 2.05) is 24.4 Å². The van der Waals surface area contributed by atoms with E-state index in [1.54, 1.807) is 11.3 Å². The molecule has 2 N–H and O–H groups in total. The number of thiophene rings is 1. The lowest BCUT2D eigenvalue weighted by Crippen LogP contribution is -2.46. The summed E-state index contributed by atoms with van der Waals surface area (Å²) >= 11 is 3.14. The topological polar surface area (TPSA) is 54.0 Å². The van der Waals surface area contributed by atoms with Gasteiger partial charge in [-0.05, 0) is 44.7 Å². The molecule has 2 aromatic rings. The van der Waals surface area contributed by atoms with Crippen molar-refractivity contribution in [3.05, 3.63) is 28.1 Å². The molecule has 2 atom stereocenters. The Labute approximate surface area is 156 Å². The summed E-state index contributed by atoms with van der Waals surface area (Å²) in [4.78, 5) is 18.9. The van der Waals surface area contributed by atoms with Crippen molar-refractivity contribution in [2.24, 2.45) is 0 Å². The summed E-state index contributed by atoms with van der Waals surface area (Å²) in [5.74, 6) is 0.0203. The van der Waals surface area contributed by atoms with Crippen LogP contribution < -0.4 is 10.6 Å². The number of thiazole rings is 1. The Morgan fingerprint density at radius 2 is 2.22 bits per heavy atom. The van der Waals surface area contributed by atoms with Gasteiger partial charge in [0.05, 0.1) is 10.6 Å². The third-order valence-electron chi connectivity index (χ3n) is 3.69. The largest absolute Gasteiger partial charge is 0.348 e. The number of carbonyl (C=O) groups is 1. The van der Waals surface area contributed by atoms with Gasteiger partial charge in [0.25, 0.3) is 5.91 Å². The maximum absolute atomic E-state index is 12.5. The summed E-state index contributed by atoms with van der Waals surface area (Å²) in [5.41, 5.74) is 0.822. The second-order valence-corrected chi connectivity index (χ2v) is 7.41. The average Bonchev–Trinajstić information content (AvgIpc) is 3.07. The summed E-state index contributed by atoms with van der Waals surface area (Å²) in [6.45, 7) is 5.03. The Morgan fingerprint density at radius 3 is 2.87 bits per heavy atom. The second kappa shape index (κ2) is 8.99. The minimum atomic E-state index is 0. The van der Waals surface area contributed by atoms with E-state index in [4.69, 9.17) is 0 Å². The molecular weight excluding hydrogens is 373 g/mol. The highest BCUT2D eigenvalue weighted by Crippen LogP contribution is 2.31. The molecule has 3 rings (SSSR count). The fourth-order valence-corrected chi connectivity index (χ4v) is 4.39. The Hall–Kier alpha value is -0.660. The zero-order valence-corrected chi connectivity index (χ0v) is 16.3. The van der Waals surface area contributed by atoms with E-state index in [9.17, 15) is 4.79 Å². The first-order valence-electron chi connectivity index (χ1n) is 7.19. The van der Waals surface area contributed by atoms with Gasteiger partial charge in [-0.3, -0.25) is 4.79 Å². The highest BCUT2D eigenvalue weighted by Gasteiger charge is 2.23. The van der Waals surface area contributed by atoms with Crippen LogP contribution in [0.2, 0.25) is 0 Å². The van der Waals surface area contributed by atoms with E-state index >= 15 is 0 Å². The number of aryl methyl sites for hydroxylation is 1. The van der Waals surface area contributed by atoms with Gasteiger partial charge < -0.3 is 10.6 Å². The van der Waals surface area contributed by atoms with Gasteiger partial charge >= 0.3 is 0 Å². The van der Waals surface area contributed by atoms with Gasteiger partial charge in [-0.15, -0.1) is 47.5 Å². The van der Waals surface area contributed by atoms with Crippen LogP contribution in [-0.4, -0.2) is 29.5 Å². The molecule has 2 unspecified atom stereocenters. The fraction of sp³-hybridized carbons (Fsp3) is 0.467. The molecule has 0 aromatic carbocycles. The molecule has 2 aromatic heterocycles. The molecule has 0 aliphatic carbocycles. The molecule has 4 nitrogen and oxygen atoms in total. The standard InChI is InChI=1S/C15H19N3OS2.2ClH/c1-9-8-11(5-6-16-9)18-14(19)13-10(2)17-15(21-13)12-4-3-7-20-12;;/h3-4,7,9,11,16H,5-6,8H2,1-2H3,(H,18,19);2*1H. The van der Waals surface area contributed by atoms with E-state index in [-0.39, 0.29) is 36.8 Å². The maximum Gasteiger partial charge on any atom is 0.263 e. The molecule has 0 saturated carbocycles. The van der Waals surface area contributed by atoms with Gasteiger partial charge in [-0.2, -0.15) is 0 Å². The van der Waals surface area contributed by atoms with Crippen LogP contribution >= 0.6 is 47.5 Å². The maximum atomic E-state index is 12.5. The molecule has 23 heavy (non-hydrogen) atoms. The summed E-state index contributed by atoms with van der Waals surface area (Å²) < 4.78 is 0. The number of hydrogen-bond donors (Lipinski definition) is 2. The van der Waals surface area contributed by atoms with Gasteiger partial charge in [0.15, 0.2) is 0 Å². The van der Waals surface area contributed by atoms with Crippen LogP contribution in [0.25, 0.3) is 9.88 Å². The smallest absolute Gasteiger partial charge is 0.263 e. The van der Waals surface area contributed by atoms with Gasteiger partial charge in [0, 0.05) is 12.1 Å². The van der Waals surface area contributed by atoms with Crippen LogP contribution in [0.4, 0.5) is 0 Å². The number of hydrogen-bond acceptors (Lipinski definition) is 5. The molecule has 8 heteroatoms. The molecule has 1 aliphatic heterocycles. The number of nitrogens with one attached hydrogen (secondary N) is 2. The lowest BCUT2D eigenvalue weighted by atomic mass is 10.0. The van der Waals surface area contributed by atoms with Crippen LogP contribution in [0.5, 0.6) is 0 Å². The highest BCUT2D eigenvalue weighted by atomic mass is 35.5. The lowest BCUT2D eigenvalue weighted by Gasteiger charge is -2.28. The average molecular weight is 394 g/mol. The van der Waals surface area contributed by atoms with Crippen molar-refractivity contribution in [2.45, 2.75) is 38.8 Å². The molecule has 1 saturated heterocycles. The zero-order chi connectivity index (χ0) is 14.8. The second-order valence-electron chi connectivity index (χ2n) is 5.46. The van der Waals surface area contributed by atoms with E-state index < -0.39 is 0 Å². The van der Waals surface area contributed by atoms with Crippen molar-refractivity contribution < 1.29 is 4.79 Å². The van der Waals surface area contributed by atoms with E-state index in [0.29, 0.717) is 6.04 Å². The van der Waals surface area contributed by atoms with Crippen LogP contribution in [-0.2, 0) is 0 Å². The van der Waals surface area contributed by atoms with Gasteiger partial charge in [0.2, 0.25) is 0 Å². The molecule has 3 heterocycles. The Balaban J connectivity index is 0.00000132. The highest BCUT2D eigenvalue weighted by molar-refractivity contribution is 7.22. The van der Waals surface area contributed by atoms with Crippen LogP contribution in [0, 0.1) is 6.92 Å². The molecular formula is C15H21Cl2N3OS2. The van der Waals surface area contributed by atoms with Gasteiger partial charge in [-0.1, -0.05) is 6.07 Å². The van der Waals surface area contributed by atoms with E-state index in [0.717, 1.165) is 39.8 Å². The molecule has 128 valence electrons. The number of halogens is 2. The summed E-state index contributed by atoms with van der Waals surface area (Å²) in [6.07, 6.45) is 1.98. The van der Waals surface area contributed by atoms with Crippen molar-refractivity contribution >= 4 is 53.4 Å². The molecule has 1 amide bonds. The summed E-state index contributed by atoms with van der Waals surface area (Å²) in [7, 11) is 0. The van der Waals surface area contributed by atoms with Crippen molar-refractivity contribution in [3.8, 4) is 9.88 Å². The minimum absolute atomic E-state index is 0. The summed E-state index contributed by atoms with van der Waals surface area (Å²) in [5, 5.41) is 9.53. The number of rotatable bonds is 3. The van der Waals surface area contributed by atoms with E-state index in [1.165, 1.54) is 11.3 Å². The summed E-state index contributed by atoms with van der Waals surface area (Å²) in [6, 6.07) is 4.78. The quantitative estimate of drug-likeness (QED) is 0.831. The van der Waals surface area contributed by atoms with E-state index in [2.05, 4.69) is 22.5 Å². The minimum Gasteiger partial charge on any atom is -0.348 e. The first-order chi connectivity index (χ1) is 10.1. The number of amides is 1. The first-order valence-corrected chi connectivity index (χ1v) is 8.88. The number of piperidine rings is 1. The Kier molecular flexibility index (Phi) is 7.97. The third-order valence-corrected chi connectivity index (χ3v) is 5.89. The number of carbonyl (C=O) groups excluding carboxylic acids is 1. The predicted molar refractivity (Wildman–Crippen MR) is 103 cm³/mol. The van der Waals surface area contributed by atoms with Crippen molar-refractivity contribution in [1.82, 2.24) is 15.6 Å². The van der Waals surface area contributed by atoms with Crippen LogP contribution in [0.15, 0.2) is 17.5 Å². The predicted octanol–water partition coefficient (Wildman–Crippen LogP) is 3.89.